The van der Waals surface area contributed by atoms with Crippen molar-refractivity contribution in [2.45, 2.75) is 45.8 Å². The number of amides is 1. The number of pyridine rings is 2. The lowest BCUT2D eigenvalue weighted by Gasteiger charge is -2.24. The number of nitrogens with zero attached hydrogens (tertiary/aromatic N) is 6. The average molecular weight is 555 g/mol. The van der Waals surface area contributed by atoms with Crippen LogP contribution in [0, 0.1) is 0 Å². The summed E-state index contributed by atoms with van der Waals surface area (Å²) in [5.74, 6) is 0. The Bertz CT molecular complexity index is 1780. The number of aromatic nitrogens is 5. The van der Waals surface area contributed by atoms with Gasteiger partial charge in [-0.25, -0.2) is 9.78 Å². The molecule has 5 aromatic rings. The number of imidazole rings is 1. The Morgan fingerprint density at radius 2 is 1.95 bits per heavy atom. The van der Waals surface area contributed by atoms with E-state index < -0.39 is 5.60 Å². The zero-order chi connectivity index (χ0) is 28.2. The van der Waals surface area contributed by atoms with Crippen LogP contribution in [0.4, 0.5) is 4.79 Å². The molecule has 1 fully saturated rings. The van der Waals surface area contributed by atoms with E-state index in [1.54, 1.807) is 4.90 Å². The van der Waals surface area contributed by atoms with Crippen molar-refractivity contribution in [1.29, 1.82) is 0 Å². The second kappa shape index (κ2) is 9.78. The summed E-state index contributed by atoms with van der Waals surface area (Å²) >= 11 is 6.57. The summed E-state index contributed by atoms with van der Waals surface area (Å²) in [6.45, 7) is 13.0. The van der Waals surface area contributed by atoms with Gasteiger partial charge in [0.1, 0.15) is 11.2 Å². The molecule has 8 nitrogen and oxygen atoms in total. The number of rotatable bonds is 4. The predicted molar refractivity (Wildman–Crippen MR) is 158 cm³/mol. The Balaban J connectivity index is 1.35. The highest BCUT2D eigenvalue weighted by Gasteiger charge is 2.31. The van der Waals surface area contributed by atoms with Gasteiger partial charge in [-0.05, 0) is 57.9 Å². The van der Waals surface area contributed by atoms with Gasteiger partial charge in [0, 0.05) is 53.8 Å². The highest BCUT2D eigenvalue weighted by Crippen LogP contribution is 2.36. The maximum absolute atomic E-state index is 12.5. The second-order valence-electron chi connectivity index (χ2n) is 11.3. The fourth-order valence-electron chi connectivity index (χ4n) is 5.24. The third-order valence-corrected chi connectivity index (χ3v) is 7.44. The molecule has 0 radical (unpaired) electrons. The van der Waals surface area contributed by atoms with Crippen LogP contribution in [0.3, 0.4) is 0 Å². The molecule has 5 heterocycles. The molecule has 0 aliphatic carbocycles. The van der Waals surface area contributed by atoms with Crippen LogP contribution in [0.1, 0.15) is 45.9 Å². The van der Waals surface area contributed by atoms with E-state index in [9.17, 15) is 4.79 Å². The Morgan fingerprint density at radius 3 is 2.70 bits per heavy atom. The van der Waals surface area contributed by atoms with Crippen LogP contribution < -0.4 is 0 Å². The van der Waals surface area contributed by atoms with Crippen LogP contribution in [0.25, 0.3) is 44.5 Å². The molecular weight excluding hydrogens is 524 g/mol. The normalized spacial score (nSPS) is 15.7. The zero-order valence-electron chi connectivity index (χ0n) is 23.1. The summed E-state index contributed by atoms with van der Waals surface area (Å²) in [5.41, 5.74) is 6.46. The minimum Gasteiger partial charge on any atom is -0.444 e. The van der Waals surface area contributed by atoms with Gasteiger partial charge in [0.2, 0.25) is 0 Å². The second-order valence-corrected chi connectivity index (χ2v) is 11.7. The third kappa shape index (κ3) is 4.73. The zero-order valence-corrected chi connectivity index (χ0v) is 23.8. The molecule has 1 atom stereocenters. The first kappa shape index (κ1) is 26.1. The Kier molecular flexibility index (Phi) is 6.38. The third-order valence-electron chi connectivity index (χ3n) is 7.11. The van der Waals surface area contributed by atoms with E-state index in [0.717, 1.165) is 56.6 Å². The lowest BCUT2D eigenvalue weighted by molar-refractivity contribution is 0.0288. The Morgan fingerprint density at radius 1 is 1.15 bits per heavy atom. The molecule has 0 N–H and O–H groups in total. The highest BCUT2D eigenvalue weighted by atomic mass is 35.5. The van der Waals surface area contributed by atoms with Crippen molar-refractivity contribution >= 4 is 39.8 Å². The number of ether oxygens (including phenoxy) is 1. The van der Waals surface area contributed by atoms with Crippen molar-refractivity contribution in [3.63, 3.8) is 0 Å². The summed E-state index contributed by atoms with van der Waals surface area (Å²) < 4.78 is 9.54. The number of hydrogen-bond acceptors (Lipinski definition) is 5. The summed E-state index contributed by atoms with van der Waals surface area (Å²) in [6.07, 6.45) is 8.25. The number of fused-ring (bicyclic) bond motifs is 3. The fraction of sp³-hybridized carbons (Fsp3) is 0.290. The summed E-state index contributed by atoms with van der Waals surface area (Å²) in [7, 11) is 0. The summed E-state index contributed by atoms with van der Waals surface area (Å²) in [4.78, 5) is 24.1. The first-order valence-corrected chi connectivity index (χ1v) is 13.7. The van der Waals surface area contributed by atoms with Gasteiger partial charge in [-0.3, -0.25) is 14.1 Å². The van der Waals surface area contributed by atoms with Crippen LogP contribution in [-0.2, 0) is 4.74 Å². The van der Waals surface area contributed by atoms with E-state index in [0.29, 0.717) is 18.1 Å². The van der Waals surface area contributed by atoms with E-state index in [1.807, 2.05) is 87.5 Å². The van der Waals surface area contributed by atoms with Crippen molar-refractivity contribution in [2.24, 2.45) is 0 Å². The lowest BCUT2D eigenvalue weighted by atomic mass is 10.1. The number of allylic oxidation sites excluding steroid dienone is 1. The average Bonchev–Trinajstić information content (AvgIpc) is 3.66. The lowest BCUT2D eigenvalue weighted by Crippen LogP contribution is -2.35. The minimum absolute atomic E-state index is 0.0880. The molecule has 4 aromatic heterocycles. The van der Waals surface area contributed by atoms with Crippen LogP contribution in [-0.4, -0.2) is 53.8 Å². The molecule has 204 valence electrons. The van der Waals surface area contributed by atoms with Crippen LogP contribution >= 0.6 is 11.6 Å². The van der Waals surface area contributed by atoms with Gasteiger partial charge in [0.05, 0.1) is 34.2 Å². The molecular formula is C31H31ClN6O2. The number of benzene rings is 1. The molecule has 0 bridgehead atoms. The van der Waals surface area contributed by atoms with Crippen molar-refractivity contribution in [3.8, 4) is 22.4 Å². The van der Waals surface area contributed by atoms with Crippen LogP contribution in [0.5, 0.6) is 0 Å². The molecule has 40 heavy (non-hydrogen) atoms. The maximum atomic E-state index is 12.5. The molecule has 0 spiro atoms. The number of hydrogen-bond donors (Lipinski definition) is 0. The van der Waals surface area contributed by atoms with Gasteiger partial charge in [-0.1, -0.05) is 36.4 Å². The molecule has 6 rings (SSSR count). The van der Waals surface area contributed by atoms with Crippen molar-refractivity contribution in [1.82, 2.24) is 29.0 Å². The molecule has 1 aromatic carbocycles. The largest absolute Gasteiger partial charge is 0.444 e. The number of halogens is 1. The van der Waals surface area contributed by atoms with E-state index in [1.165, 1.54) is 0 Å². The van der Waals surface area contributed by atoms with Gasteiger partial charge in [-0.15, -0.1) is 0 Å². The minimum atomic E-state index is -0.517. The topological polar surface area (TPSA) is 77.5 Å². The van der Waals surface area contributed by atoms with Gasteiger partial charge in [0.15, 0.2) is 0 Å². The molecule has 0 saturated carbocycles. The molecule has 1 saturated heterocycles. The van der Waals surface area contributed by atoms with Gasteiger partial charge >= 0.3 is 6.09 Å². The molecule has 1 amide bonds. The van der Waals surface area contributed by atoms with E-state index in [2.05, 4.69) is 22.1 Å². The number of carbonyl (C=O) groups is 1. The quantitative estimate of drug-likeness (QED) is 0.233. The van der Waals surface area contributed by atoms with Crippen molar-refractivity contribution < 1.29 is 9.53 Å². The van der Waals surface area contributed by atoms with E-state index in [4.69, 9.17) is 26.3 Å². The van der Waals surface area contributed by atoms with Gasteiger partial charge in [-0.2, -0.15) is 5.10 Å². The monoisotopic (exact) mass is 554 g/mol. The molecule has 1 aliphatic rings. The molecule has 9 heteroatoms. The van der Waals surface area contributed by atoms with Gasteiger partial charge in [0.25, 0.3) is 0 Å². The standard InChI is InChI=1S/C31H31ClN6O2/c1-19(2)28-27(23-8-6-7-9-25(23)32)35-29-24-14-20(15-33-26(24)11-13-37(28)29)21-16-34-38(17-21)22-10-12-36(18-22)30(39)40-31(3,4)5/h6-9,11,13-17,22H,1,10,12,18H2,2-5H3/t22-/m0/s1. The SMILES string of the molecule is C=C(C)c1c(-c2ccccc2Cl)nc2c3cc(-c4cnn([C@H]5CCN(C(=O)OC(C)(C)C)C5)c4)cnc3ccn12. The Labute approximate surface area is 237 Å². The maximum Gasteiger partial charge on any atom is 0.410 e. The van der Waals surface area contributed by atoms with Crippen LogP contribution in [0.15, 0.2) is 67.8 Å². The van der Waals surface area contributed by atoms with Crippen LogP contribution in [0.2, 0.25) is 5.02 Å². The van der Waals surface area contributed by atoms with Crippen molar-refractivity contribution in [2.75, 3.05) is 13.1 Å². The Hall–Kier alpha value is -4.17. The van der Waals surface area contributed by atoms with E-state index in [-0.39, 0.29) is 12.1 Å². The smallest absolute Gasteiger partial charge is 0.410 e. The number of likely N-dealkylation sites (tertiary alicyclic amines) is 1. The highest BCUT2D eigenvalue weighted by molar-refractivity contribution is 6.33. The fourth-order valence-corrected chi connectivity index (χ4v) is 5.47. The van der Waals surface area contributed by atoms with Crippen molar-refractivity contribution in [3.05, 3.63) is 78.5 Å². The first-order chi connectivity index (χ1) is 19.1. The van der Waals surface area contributed by atoms with Gasteiger partial charge < -0.3 is 9.64 Å². The number of carbonyl (C=O) groups excluding carboxylic acids is 1. The molecule has 1 aliphatic heterocycles. The first-order valence-electron chi connectivity index (χ1n) is 13.3. The summed E-state index contributed by atoms with van der Waals surface area (Å²) in [5, 5.41) is 6.20. The predicted octanol–water partition coefficient (Wildman–Crippen LogP) is 7.28. The van der Waals surface area contributed by atoms with E-state index >= 15 is 0 Å². The molecule has 0 unspecified atom stereocenters. The summed E-state index contributed by atoms with van der Waals surface area (Å²) in [6, 6.07) is 11.9.